The van der Waals surface area contributed by atoms with Crippen molar-refractivity contribution in [2.24, 2.45) is 5.92 Å². The first kappa shape index (κ1) is 16.2. The van der Waals surface area contributed by atoms with Crippen molar-refractivity contribution in [3.8, 4) is 0 Å². The molecule has 1 aliphatic carbocycles. The van der Waals surface area contributed by atoms with Gasteiger partial charge >= 0.3 is 0 Å². The lowest BCUT2D eigenvalue weighted by atomic mass is 10.1. The van der Waals surface area contributed by atoms with E-state index in [4.69, 9.17) is 0 Å². The molecule has 1 unspecified atom stereocenters. The molecule has 0 radical (unpaired) electrons. The van der Waals surface area contributed by atoms with Crippen molar-refractivity contribution < 1.29 is 5.11 Å². The first-order chi connectivity index (χ1) is 11.2. The Balaban J connectivity index is 1.80. The van der Waals surface area contributed by atoms with E-state index in [-0.39, 0.29) is 12.6 Å². The van der Waals surface area contributed by atoms with Gasteiger partial charge in [0.15, 0.2) is 0 Å². The highest BCUT2D eigenvalue weighted by molar-refractivity contribution is 5.15. The van der Waals surface area contributed by atoms with Crippen LogP contribution in [0, 0.1) is 5.92 Å². The van der Waals surface area contributed by atoms with Gasteiger partial charge in [0.25, 0.3) is 0 Å². The molecule has 3 rings (SSSR count). The molecule has 0 aliphatic heterocycles. The van der Waals surface area contributed by atoms with Crippen molar-refractivity contribution in [3.05, 3.63) is 54.1 Å². The van der Waals surface area contributed by atoms with Gasteiger partial charge in [-0.15, -0.1) is 0 Å². The fraction of sp³-hybridized carbons (Fsp3) is 0.526. The third kappa shape index (κ3) is 4.01. The minimum atomic E-state index is 0.222. The summed E-state index contributed by atoms with van der Waals surface area (Å²) in [6.07, 6.45) is 6.39. The zero-order valence-electron chi connectivity index (χ0n) is 14.1. The highest BCUT2D eigenvalue weighted by atomic mass is 16.3. The maximum absolute atomic E-state index is 9.92. The van der Waals surface area contributed by atoms with Crippen LogP contribution in [0.2, 0.25) is 0 Å². The molecule has 1 aromatic heterocycles. The van der Waals surface area contributed by atoms with Crippen molar-refractivity contribution in [2.75, 3.05) is 6.61 Å². The summed E-state index contributed by atoms with van der Waals surface area (Å²) in [6, 6.07) is 11.1. The molecule has 4 nitrogen and oxygen atoms in total. The minimum absolute atomic E-state index is 0.222. The van der Waals surface area contributed by atoms with Crippen molar-refractivity contribution in [2.45, 2.75) is 51.9 Å². The molecule has 1 atom stereocenters. The Morgan fingerprint density at radius 3 is 2.57 bits per heavy atom. The number of nitrogens with zero attached hydrogens (tertiary/aromatic N) is 3. The van der Waals surface area contributed by atoms with Crippen LogP contribution < -0.4 is 0 Å². The number of aromatic nitrogens is 2. The summed E-state index contributed by atoms with van der Waals surface area (Å²) in [5.41, 5.74) is 1.29. The van der Waals surface area contributed by atoms with Crippen LogP contribution in [0.4, 0.5) is 0 Å². The van der Waals surface area contributed by atoms with Crippen LogP contribution in [0.25, 0.3) is 0 Å². The average molecular weight is 313 g/mol. The molecular formula is C19H27N3O. The molecule has 23 heavy (non-hydrogen) atoms. The van der Waals surface area contributed by atoms with Gasteiger partial charge in [0.2, 0.25) is 0 Å². The molecular weight excluding hydrogens is 286 g/mol. The van der Waals surface area contributed by atoms with Crippen LogP contribution >= 0.6 is 0 Å². The van der Waals surface area contributed by atoms with Crippen LogP contribution in [-0.4, -0.2) is 32.2 Å². The van der Waals surface area contributed by atoms with E-state index in [9.17, 15) is 5.11 Å². The monoisotopic (exact) mass is 313 g/mol. The Morgan fingerprint density at radius 2 is 1.96 bits per heavy atom. The summed E-state index contributed by atoms with van der Waals surface area (Å²) < 4.78 is 2.22. The second-order valence-electron chi connectivity index (χ2n) is 6.82. The largest absolute Gasteiger partial charge is 0.395 e. The summed E-state index contributed by atoms with van der Waals surface area (Å²) in [5, 5.41) is 9.92. The van der Waals surface area contributed by atoms with Gasteiger partial charge in [-0.3, -0.25) is 4.90 Å². The molecule has 1 aliphatic rings. The number of rotatable bonds is 8. The van der Waals surface area contributed by atoms with Gasteiger partial charge in [-0.1, -0.05) is 30.3 Å². The van der Waals surface area contributed by atoms with Crippen molar-refractivity contribution in [1.29, 1.82) is 0 Å². The fourth-order valence-corrected chi connectivity index (χ4v) is 3.27. The summed E-state index contributed by atoms with van der Waals surface area (Å²) in [4.78, 5) is 6.95. The minimum Gasteiger partial charge on any atom is -0.395 e. The molecule has 0 spiro atoms. The Labute approximate surface area is 138 Å². The van der Waals surface area contributed by atoms with Gasteiger partial charge in [-0.2, -0.15) is 0 Å². The SMILES string of the molecule is CC(C)n1ccnc1CN(Cc1ccccc1)C(CO)C1CC1. The highest BCUT2D eigenvalue weighted by Crippen LogP contribution is 2.36. The molecule has 0 amide bonds. The number of hydrogen-bond acceptors (Lipinski definition) is 3. The fourth-order valence-electron chi connectivity index (χ4n) is 3.27. The van der Waals surface area contributed by atoms with E-state index in [1.165, 1.54) is 18.4 Å². The molecule has 1 aromatic carbocycles. The second kappa shape index (κ2) is 7.28. The lowest BCUT2D eigenvalue weighted by molar-refractivity contribution is 0.0908. The summed E-state index contributed by atoms with van der Waals surface area (Å²) >= 11 is 0. The maximum Gasteiger partial charge on any atom is 0.123 e. The van der Waals surface area contributed by atoms with Gasteiger partial charge in [-0.25, -0.2) is 4.98 Å². The van der Waals surface area contributed by atoms with E-state index < -0.39 is 0 Å². The van der Waals surface area contributed by atoms with Crippen molar-refractivity contribution in [1.82, 2.24) is 14.5 Å². The van der Waals surface area contributed by atoms with Gasteiger partial charge in [-0.05, 0) is 38.2 Å². The van der Waals surface area contributed by atoms with E-state index in [0.717, 1.165) is 18.9 Å². The lowest BCUT2D eigenvalue weighted by Crippen LogP contribution is -2.39. The molecule has 2 aromatic rings. The number of benzene rings is 1. The number of hydrogen-bond donors (Lipinski definition) is 1. The Bertz CT molecular complexity index is 604. The van der Waals surface area contributed by atoms with E-state index >= 15 is 0 Å². The topological polar surface area (TPSA) is 41.3 Å². The van der Waals surface area contributed by atoms with E-state index in [1.54, 1.807) is 0 Å². The second-order valence-corrected chi connectivity index (χ2v) is 6.82. The first-order valence-electron chi connectivity index (χ1n) is 8.59. The van der Waals surface area contributed by atoms with Crippen LogP contribution in [0.1, 0.15) is 44.1 Å². The van der Waals surface area contributed by atoms with Crippen LogP contribution in [0.3, 0.4) is 0 Å². The average Bonchev–Trinajstić information content (AvgIpc) is 3.26. The molecule has 0 saturated heterocycles. The van der Waals surface area contributed by atoms with Gasteiger partial charge in [0.05, 0.1) is 13.2 Å². The first-order valence-corrected chi connectivity index (χ1v) is 8.59. The smallest absolute Gasteiger partial charge is 0.123 e. The molecule has 124 valence electrons. The summed E-state index contributed by atoms with van der Waals surface area (Å²) in [7, 11) is 0. The van der Waals surface area contributed by atoms with Crippen molar-refractivity contribution in [3.63, 3.8) is 0 Å². The maximum atomic E-state index is 9.92. The van der Waals surface area contributed by atoms with E-state index in [0.29, 0.717) is 12.0 Å². The number of aliphatic hydroxyl groups is 1. The Morgan fingerprint density at radius 1 is 1.22 bits per heavy atom. The molecule has 1 heterocycles. The van der Waals surface area contributed by atoms with Crippen molar-refractivity contribution >= 4 is 0 Å². The zero-order chi connectivity index (χ0) is 16.2. The normalized spacial score (nSPS) is 16.2. The molecule has 4 heteroatoms. The number of imidazole rings is 1. The molecule has 1 saturated carbocycles. The van der Waals surface area contributed by atoms with E-state index in [1.807, 2.05) is 18.5 Å². The van der Waals surface area contributed by atoms with Crippen LogP contribution in [0.5, 0.6) is 0 Å². The van der Waals surface area contributed by atoms with Gasteiger partial charge in [0, 0.05) is 31.0 Å². The predicted octanol–water partition coefficient (Wildman–Crippen LogP) is 3.24. The third-order valence-electron chi connectivity index (χ3n) is 4.70. The van der Waals surface area contributed by atoms with Gasteiger partial charge < -0.3 is 9.67 Å². The molecule has 0 bridgehead atoms. The summed E-state index contributed by atoms with van der Waals surface area (Å²) in [6.45, 7) is 6.21. The predicted molar refractivity (Wildman–Crippen MR) is 91.9 cm³/mol. The Kier molecular flexibility index (Phi) is 5.13. The number of aliphatic hydroxyl groups excluding tert-OH is 1. The molecule has 1 fully saturated rings. The lowest BCUT2D eigenvalue weighted by Gasteiger charge is -2.31. The zero-order valence-corrected chi connectivity index (χ0v) is 14.1. The standard InChI is InChI=1S/C19H27N3O/c1-15(2)22-11-10-20-19(22)13-21(18(14-23)17-8-9-17)12-16-6-4-3-5-7-16/h3-7,10-11,15,17-18,23H,8-9,12-14H2,1-2H3. The quantitative estimate of drug-likeness (QED) is 0.813. The Hall–Kier alpha value is -1.65. The van der Waals surface area contributed by atoms with E-state index in [2.05, 4.69) is 52.6 Å². The van der Waals surface area contributed by atoms with Crippen LogP contribution in [-0.2, 0) is 13.1 Å². The highest BCUT2D eigenvalue weighted by Gasteiger charge is 2.35. The van der Waals surface area contributed by atoms with Gasteiger partial charge in [0.1, 0.15) is 5.82 Å². The molecule has 1 N–H and O–H groups in total. The van der Waals surface area contributed by atoms with Crippen LogP contribution in [0.15, 0.2) is 42.7 Å². The third-order valence-corrected chi connectivity index (χ3v) is 4.70. The summed E-state index contributed by atoms with van der Waals surface area (Å²) in [5.74, 6) is 1.71.